The molecule has 0 saturated carbocycles. The summed E-state index contributed by atoms with van der Waals surface area (Å²) in [5, 5.41) is 4.47. The summed E-state index contributed by atoms with van der Waals surface area (Å²) in [5.74, 6) is 4.31. The molecule has 1 fully saturated rings. The van der Waals surface area contributed by atoms with E-state index in [0.717, 1.165) is 36.2 Å². The molecule has 3 heterocycles. The van der Waals surface area contributed by atoms with E-state index in [4.69, 9.17) is 4.98 Å². The van der Waals surface area contributed by atoms with Gasteiger partial charge in [0.2, 0.25) is 5.95 Å². The van der Waals surface area contributed by atoms with Crippen molar-refractivity contribution in [3.05, 3.63) is 10.9 Å². The highest BCUT2D eigenvalue weighted by Gasteiger charge is 2.17. The van der Waals surface area contributed by atoms with Crippen molar-refractivity contribution >= 4 is 45.1 Å². The monoisotopic (exact) mass is 308 g/mol. The van der Waals surface area contributed by atoms with E-state index in [1.165, 1.54) is 28.2 Å². The number of thiophene rings is 1. The van der Waals surface area contributed by atoms with Crippen molar-refractivity contribution in [1.29, 1.82) is 0 Å². The van der Waals surface area contributed by atoms with Gasteiger partial charge in [0.05, 0.1) is 5.39 Å². The lowest BCUT2D eigenvalue weighted by Gasteiger charge is -2.22. The summed E-state index contributed by atoms with van der Waals surface area (Å²) in [6, 6.07) is 2.23. The number of hydrogen-bond acceptors (Lipinski definition) is 6. The fourth-order valence-corrected chi connectivity index (χ4v) is 4.22. The molecule has 1 aliphatic rings. The molecule has 0 amide bonds. The normalized spacial score (nSPS) is 16.4. The van der Waals surface area contributed by atoms with Crippen LogP contribution < -0.4 is 10.2 Å². The molecule has 2 aromatic rings. The lowest BCUT2D eigenvalue weighted by molar-refractivity contribution is 0.804. The first kappa shape index (κ1) is 13.9. The minimum atomic E-state index is 0.758. The standard InChI is InChI=1S/C14H20N4S2/c1-3-15-14-16-12(18-5-4-7-19-8-6-18)11-9-10(2)20-13(11)17-14/h9H,3-8H2,1-2H3,(H,15,16,17). The van der Waals surface area contributed by atoms with Gasteiger partial charge in [-0.05, 0) is 32.1 Å². The maximum atomic E-state index is 4.77. The van der Waals surface area contributed by atoms with Crippen molar-refractivity contribution in [3.8, 4) is 0 Å². The summed E-state index contributed by atoms with van der Waals surface area (Å²) in [4.78, 5) is 14.2. The molecule has 6 heteroatoms. The second-order valence-corrected chi connectivity index (χ2v) is 7.39. The van der Waals surface area contributed by atoms with E-state index in [0.29, 0.717) is 0 Å². The smallest absolute Gasteiger partial charge is 0.226 e. The Morgan fingerprint density at radius 2 is 2.20 bits per heavy atom. The van der Waals surface area contributed by atoms with Crippen LogP contribution in [0, 0.1) is 6.92 Å². The number of aryl methyl sites for hydroxylation is 1. The molecular formula is C14H20N4S2. The van der Waals surface area contributed by atoms with Crippen LogP contribution in [0.3, 0.4) is 0 Å². The van der Waals surface area contributed by atoms with Gasteiger partial charge in [-0.2, -0.15) is 16.7 Å². The zero-order chi connectivity index (χ0) is 13.9. The predicted molar refractivity (Wildman–Crippen MR) is 90.5 cm³/mol. The van der Waals surface area contributed by atoms with Crippen LogP contribution in [0.4, 0.5) is 11.8 Å². The minimum absolute atomic E-state index is 0.758. The van der Waals surface area contributed by atoms with Gasteiger partial charge in [0.15, 0.2) is 0 Å². The van der Waals surface area contributed by atoms with Crippen LogP contribution in [0.5, 0.6) is 0 Å². The second-order valence-electron chi connectivity index (χ2n) is 4.93. The fraction of sp³-hybridized carbons (Fsp3) is 0.571. The summed E-state index contributed by atoms with van der Waals surface area (Å²) in [7, 11) is 0. The van der Waals surface area contributed by atoms with Gasteiger partial charge in [-0.3, -0.25) is 0 Å². The molecule has 20 heavy (non-hydrogen) atoms. The number of thioether (sulfide) groups is 1. The summed E-state index contributed by atoms with van der Waals surface area (Å²) in [6.07, 6.45) is 1.23. The van der Waals surface area contributed by atoms with E-state index in [1.807, 2.05) is 11.8 Å². The molecule has 108 valence electrons. The molecule has 1 N–H and O–H groups in total. The Morgan fingerprint density at radius 1 is 1.30 bits per heavy atom. The van der Waals surface area contributed by atoms with Crippen molar-refractivity contribution in [2.24, 2.45) is 0 Å². The van der Waals surface area contributed by atoms with Crippen LogP contribution in [0.2, 0.25) is 0 Å². The van der Waals surface area contributed by atoms with Gasteiger partial charge < -0.3 is 10.2 Å². The first-order valence-corrected chi connectivity index (χ1v) is 9.10. The average Bonchev–Trinajstić information content (AvgIpc) is 2.64. The number of rotatable bonds is 3. The first-order valence-electron chi connectivity index (χ1n) is 7.12. The molecular weight excluding hydrogens is 288 g/mol. The maximum Gasteiger partial charge on any atom is 0.226 e. The van der Waals surface area contributed by atoms with E-state index in [1.54, 1.807) is 11.3 Å². The summed E-state index contributed by atoms with van der Waals surface area (Å²) in [6.45, 7) is 7.25. The third-order valence-electron chi connectivity index (χ3n) is 3.35. The number of fused-ring (bicyclic) bond motifs is 1. The number of anilines is 2. The van der Waals surface area contributed by atoms with Crippen molar-refractivity contribution < 1.29 is 0 Å². The van der Waals surface area contributed by atoms with Gasteiger partial charge in [-0.25, -0.2) is 4.98 Å². The Morgan fingerprint density at radius 3 is 3.05 bits per heavy atom. The maximum absolute atomic E-state index is 4.77. The zero-order valence-electron chi connectivity index (χ0n) is 12.0. The van der Waals surface area contributed by atoms with E-state index >= 15 is 0 Å². The number of nitrogens with one attached hydrogen (secondary N) is 1. The molecule has 0 bridgehead atoms. The Bertz CT molecular complexity index is 588. The highest BCUT2D eigenvalue weighted by Crippen LogP contribution is 2.32. The SMILES string of the molecule is CCNc1nc(N2CCCSCC2)c2cc(C)sc2n1. The van der Waals surface area contributed by atoms with Gasteiger partial charge in [0.1, 0.15) is 10.6 Å². The molecule has 1 saturated heterocycles. The van der Waals surface area contributed by atoms with Gasteiger partial charge >= 0.3 is 0 Å². The Kier molecular flexibility index (Phi) is 4.31. The van der Waals surface area contributed by atoms with Crippen molar-refractivity contribution in [2.75, 3.05) is 41.4 Å². The molecule has 0 unspecified atom stereocenters. The molecule has 2 aromatic heterocycles. The minimum Gasteiger partial charge on any atom is -0.355 e. The molecule has 1 aliphatic heterocycles. The van der Waals surface area contributed by atoms with Crippen LogP contribution in [0.1, 0.15) is 18.2 Å². The number of hydrogen-bond donors (Lipinski definition) is 1. The van der Waals surface area contributed by atoms with E-state index < -0.39 is 0 Å². The van der Waals surface area contributed by atoms with Crippen molar-refractivity contribution in [1.82, 2.24) is 9.97 Å². The molecule has 0 atom stereocenters. The van der Waals surface area contributed by atoms with E-state index in [-0.39, 0.29) is 0 Å². The summed E-state index contributed by atoms with van der Waals surface area (Å²) in [5.41, 5.74) is 0. The summed E-state index contributed by atoms with van der Waals surface area (Å²) < 4.78 is 0. The molecule has 4 nitrogen and oxygen atoms in total. The largest absolute Gasteiger partial charge is 0.355 e. The van der Waals surface area contributed by atoms with Gasteiger partial charge in [-0.15, -0.1) is 11.3 Å². The van der Waals surface area contributed by atoms with Crippen molar-refractivity contribution in [3.63, 3.8) is 0 Å². The topological polar surface area (TPSA) is 41.1 Å². The lowest BCUT2D eigenvalue weighted by atomic mass is 10.3. The first-order chi connectivity index (χ1) is 9.78. The van der Waals surface area contributed by atoms with Crippen LogP contribution in [-0.2, 0) is 0 Å². The molecule has 3 rings (SSSR count). The lowest BCUT2D eigenvalue weighted by Crippen LogP contribution is -2.27. The fourth-order valence-electron chi connectivity index (χ4n) is 2.46. The Labute approximate surface area is 128 Å². The van der Waals surface area contributed by atoms with Crippen LogP contribution >= 0.6 is 23.1 Å². The highest BCUT2D eigenvalue weighted by atomic mass is 32.2. The molecule has 0 aromatic carbocycles. The highest BCUT2D eigenvalue weighted by molar-refractivity contribution is 7.99. The quantitative estimate of drug-likeness (QED) is 0.941. The molecule has 0 radical (unpaired) electrons. The third kappa shape index (κ3) is 2.86. The van der Waals surface area contributed by atoms with Crippen LogP contribution in [0.15, 0.2) is 6.07 Å². The Balaban J connectivity index is 2.05. The van der Waals surface area contributed by atoms with Gasteiger partial charge in [-0.1, -0.05) is 0 Å². The Hall–Kier alpha value is -1.01. The van der Waals surface area contributed by atoms with E-state index in [9.17, 15) is 0 Å². The predicted octanol–water partition coefficient (Wildman–Crippen LogP) is 3.37. The van der Waals surface area contributed by atoms with Crippen LogP contribution in [-0.4, -0.2) is 41.1 Å². The second kappa shape index (κ2) is 6.18. The van der Waals surface area contributed by atoms with Crippen LogP contribution in [0.25, 0.3) is 10.2 Å². The summed E-state index contributed by atoms with van der Waals surface area (Å²) >= 11 is 3.79. The third-order valence-corrected chi connectivity index (χ3v) is 5.35. The number of aromatic nitrogens is 2. The molecule has 0 aliphatic carbocycles. The van der Waals surface area contributed by atoms with Gasteiger partial charge in [0, 0.05) is 30.3 Å². The average molecular weight is 308 g/mol. The van der Waals surface area contributed by atoms with Crippen molar-refractivity contribution in [2.45, 2.75) is 20.3 Å². The zero-order valence-corrected chi connectivity index (χ0v) is 13.6. The number of nitrogens with zero attached hydrogens (tertiary/aromatic N) is 3. The molecule has 0 spiro atoms. The van der Waals surface area contributed by atoms with E-state index in [2.05, 4.69) is 35.1 Å². The van der Waals surface area contributed by atoms with Gasteiger partial charge in [0.25, 0.3) is 0 Å².